The average molecular weight is 411 g/mol. The molecule has 1 fully saturated rings. The summed E-state index contributed by atoms with van der Waals surface area (Å²) in [6.07, 6.45) is 0. The lowest BCUT2D eigenvalue weighted by Crippen LogP contribution is -2.51. The molecule has 0 aliphatic carbocycles. The number of anilines is 2. The molecule has 1 heterocycles. The van der Waals surface area contributed by atoms with E-state index in [0.717, 1.165) is 53.8 Å². The van der Waals surface area contributed by atoms with Crippen LogP contribution >= 0.6 is 12.2 Å². The van der Waals surface area contributed by atoms with Gasteiger partial charge >= 0.3 is 0 Å². The van der Waals surface area contributed by atoms with Crippen molar-refractivity contribution in [2.24, 2.45) is 0 Å². The Morgan fingerprint density at radius 3 is 2.24 bits per heavy atom. The van der Waals surface area contributed by atoms with E-state index in [4.69, 9.17) is 12.2 Å². The van der Waals surface area contributed by atoms with Gasteiger partial charge in [0.15, 0.2) is 5.11 Å². The Morgan fingerprint density at radius 1 is 0.931 bits per heavy atom. The normalized spacial score (nSPS) is 14.6. The van der Waals surface area contributed by atoms with Gasteiger partial charge in [-0.3, -0.25) is 9.69 Å². The predicted octanol–water partition coefficient (Wildman–Crippen LogP) is 3.87. The molecular formula is C23H30N4OS. The van der Waals surface area contributed by atoms with Crippen LogP contribution in [0.25, 0.3) is 0 Å². The Kier molecular flexibility index (Phi) is 6.87. The highest BCUT2D eigenvalue weighted by Gasteiger charge is 2.21. The average Bonchev–Trinajstić information content (AvgIpc) is 2.68. The number of nitrogens with one attached hydrogen (secondary N) is 2. The van der Waals surface area contributed by atoms with Crippen LogP contribution in [0.3, 0.4) is 0 Å². The predicted molar refractivity (Wildman–Crippen MR) is 125 cm³/mol. The standard InChI is InChI=1S/C23H30N4OS/c1-16-8-9-17(2)20(14-16)24-23(29)27-12-10-26(11-13-27)15-21(28)25-22-18(3)6-5-7-19(22)4/h5-9,14H,10-13,15H2,1-4H3,(H,24,29)(H,25,28). The smallest absolute Gasteiger partial charge is 0.238 e. The molecule has 0 aromatic heterocycles. The molecule has 1 aliphatic heterocycles. The number of aryl methyl sites for hydroxylation is 4. The Labute approximate surface area is 179 Å². The summed E-state index contributed by atoms with van der Waals surface area (Å²) in [5.74, 6) is 0.0342. The fraction of sp³-hybridized carbons (Fsp3) is 0.391. The largest absolute Gasteiger partial charge is 0.346 e. The molecule has 29 heavy (non-hydrogen) atoms. The molecule has 1 aliphatic rings. The van der Waals surface area contributed by atoms with Crippen LogP contribution in [0.15, 0.2) is 36.4 Å². The molecule has 2 aromatic carbocycles. The summed E-state index contributed by atoms with van der Waals surface area (Å²) in [5.41, 5.74) is 6.55. The first-order valence-corrected chi connectivity index (χ1v) is 10.5. The van der Waals surface area contributed by atoms with Crippen LogP contribution in [0.2, 0.25) is 0 Å². The third-order valence-corrected chi connectivity index (χ3v) is 5.77. The number of hydrogen-bond donors (Lipinski definition) is 2. The molecular weight excluding hydrogens is 380 g/mol. The Hall–Kier alpha value is -2.44. The summed E-state index contributed by atoms with van der Waals surface area (Å²) in [5, 5.41) is 7.20. The van der Waals surface area contributed by atoms with Gasteiger partial charge in [-0.1, -0.05) is 30.3 Å². The third kappa shape index (κ3) is 5.55. The van der Waals surface area contributed by atoms with Gasteiger partial charge in [0.25, 0.3) is 0 Å². The van der Waals surface area contributed by atoms with E-state index in [9.17, 15) is 4.79 Å². The maximum absolute atomic E-state index is 12.5. The molecule has 0 spiro atoms. The van der Waals surface area contributed by atoms with Crippen molar-refractivity contribution >= 4 is 34.6 Å². The molecule has 2 aromatic rings. The van der Waals surface area contributed by atoms with E-state index < -0.39 is 0 Å². The number of para-hydroxylation sites is 1. The van der Waals surface area contributed by atoms with Crippen molar-refractivity contribution in [2.45, 2.75) is 27.7 Å². The highest BCUT2D eigenvalue weighted by Crippen LogP contribution is 2.20. The summed E-state index contributed by atoms with van der Waals surface area (Å²) in [7, 11) is 0. The second kappa shape index (κ2) is 9.37. The zero-order chi connectivity index (χ0) is 21.0. The van der Waals surface area contributed by atoms with E-state index in [1.807, 2.05) is 32.0 Å². The van der Waals surface area contributed by atoms with E-state index >= 15 is 0 Å². The monoisotopic (exact) mass is 410 g/mol. The van der Waals surface area contributed by atoms with Crippen LogP contribution < -0.4 is 10.6 Å². The van der Waals surface area contributed by atoms with Gasteiger partial charge in [-0.25, -0.2) is 0 Å². The topological polar surface area (TPSA) is 47.6 Å². The summed E-state index contributed by atoms with van der Waals surface area (Å²) >= 11 is 5.62. The number of benzene rings is 2. The lowest BCUT2D eigenvalue weighted by molar-refractivity contribution is -0.117. The van der Waals surface area contributed by atoms with Gasteiger partial charge < -0.3 is 15.5 Å². The van der Waals surface area contributed by atoms with Gasteiger partial charge in [-0.2, -0.15) is 0 Å². The summed E-state index contributed by atoms with van der Waals surface area (Å²) in [4.78, 5) is 16.9. The minimum absolute atomic E-state index is 0.0342. The van der Waals surface area contributed by atoms with Crippen molar-refractivity contribution in [2.75, 3.05) is 43.4 Å². The van der Waals surface area contributed by atoms with Crippen LogP contribution in [-0.4, -0.2) is 53.5 Å². The van der Waals surface area contributed by atoms with Crippen LogP contribution in [0, 0.1) is 27.7 Å². The molecule has 2 N–H and O–H groups in total. The molecule has 0 saturated carbocycles. The molecule has 1 amide bonds. The lowest BCUT2D eigenvalue weighted by atomic mass is 10.1. The molecule has 0 atom stereocenters. The first-order chi connectivity index (χ1) is 13.8. The fourth-order valence-corrected chi connectivity index (χ4v) is 3.86. The first-order valence-electron chi connectivity index (χ1n) is 10.0. The second-order valence-corrected chi connectivity index (χ2v) is 8.21. The molecule has 1 saturated heterocycles. The minimum atomic E-state index is 0.0342. The summed E-state index contributed by atoms with van der Waals surface area (Å²) in [6, 6.07) is 12.4. The van der Waals surface area contributed by atoms with Gasteiger partial charge in [0.2, 0.25) is 5.91 Å². The number of hydrogen-bond acceptors (Lipinski definition) is 3. The van der Waals surface area contributed by atoms with Crippen molar-refractivity contribution in [3.05, 3.63) is 58.7 Å². The molecule has 0 bridgehead atoms. The number of nitrogens with zero attached hydrogens (tertiary/aromatic N) is 2. The highest BCUT2D eigenvalue weighted by molar-refractivity contribution is 7.80. The van der Waals surface area contributed by atoms with Crippen LogP contribution in [-0.2, 0) is 4.79 Å². The van der Waals surface area contributed by atoms with Gasteiger partial charge in [0.1, 0.15) is 0 Å². The van der Waals surface area contributed by atoms with Crippen molar-refractivity contribution in [3.8, 4) is 0 Å². The van der Waals surface area contributed by atoms with E-state index in [0.29, 0.717) is 6.54 Å². The quantitative estimate of drug-likeness (QED) is 0.750. The number of carbonyl (C=O) groups excluding carboxylic acids is 1. The van der Waals surface area contributed by atoms with Crippen LogP contribution in [0.1, 0.15) is 22.3 Å². The maximum Gasteiger partial charge on any atom is 0.238 e. The third-order valence-electron chi connectivity index (χ3n) is 5.41. The van der Waals surface area contributed by atoms with E-state index in [2.05, 4.69) is 52.5 Å². The summed E-state index contributed by atoms with van der Waals surface area (Å²) in [6.45, 7) is 11.9. The number of thiocarbonyl (C=S) groups is 1. The van der Waals surface area contributed by atoms with Gasteiger partial charge in [0, 0.05) is 37.6 Å². The molecule has 5 nitrogen and oxygen atoms in total. The number of carbonyl (C=O) groups is 1. The molecule has 6 heteroatoms. The van der Waals surface area contributed by atoms with Crippen LogP contribution in [0.4, 0.5) is 11.4 Å². The maximum atomic E-state index is 12.5. The van der Waals surface area contributed by atoms with Gasteiger partial charge in [0.05, 0.1) is 6.54 Å². The molecule has 154 valence electrons. The van der Waals surface area contributed by atoms with Gasteiger partial charge in [-0.05, 0) is 68.2 Å². The minimum Gasteiger partial charge on any atom is -0.346 e. The first kappa shape index (κ1) is 21.3. The fourth-order valence-electron chi connectivity index (χ4n) is 3.57. The van der Waals surface area contributed by atoms with E-state index in [-0.39, 0.29) is 5.91 Å². The number of rotatable bonds is 4. The van der Waals surface area contributed by atoms with Crippen molar-refractivity contribution in [1.29, 1.82) is 0 Å². The highest BCUT2D eigenvalue weighted by atomic mass is 32.1. The SMILES string of the molecule is Cc1ccc(C)c(NC(=S)N2CCN(CC(=O)Nc3c(C)cccc3C)CC2)c1. The Morgan fingerprint density at radius 2 is 1.59 bits per heavy atom. The summed E-state index contributed by atoms with van der Waals surface area (Å²) < 4.78 is 0. The van der Waals surface area contributed by atoms with E-state index in [1.165, 1.54) is 11.1 Å². The molecule has 3 rings (SSSR count). The number of amides is 1. The van der Waals surface area contributed by atoms with E-state index in [1.54, 1.807) is 0 Å². The van der Waals surface area contributed by atoms with Gasteiger partial charge in [-0.15, -0.1) is 0 Å². The molecule has 0 radical (unpaired) electrons. The second-order valence-electron chi connectivity index (χ2n) is 7.83. The van der Waals surface area contributed by atoms with Crippen molar-refractivity contribution in [3.63, 3.8) is 0 Å². The Bertz CT molecular complexity index is 883. The number of piperazine rings is 1. The lowest BCUT2D eigenvalue weighted by Gasteiger charge is -2.36. The zero-order valence-corrected chi connectivity index (χ0v) is 18.5. The van der Waals surface area contributed by atoms with Crippen LogP contribution in [0.5, 0.6) is 0 Å². The van der Waals surface area contributed by atoms with Crippen molar-refractivity contribution in [1.82, 2.24) is 9.80 Å². The Balaban J connectivity index is 1.49. The van der Waals surface area contributed by atoms with Crippen molar-refractivity contribution < 1.29 is 4.79 Å². The molecule has 0 unspecified atom stereocenters. The zero-order valence-electron chi connectivity index (χ0n) is 17.7.